The topological polar surface area (TPSA) is 40.5 Å². The lowest BCUT2D eigenvalue weighted by Crippen LogP contribution is -2.28. The van der Waals surface area contributed by atoms with E-state index < -0.39 is 5.97 Å². The molecule has 1 heterocycles. The second-order valence-corrected chi connectivity index (χ2v) is 5.78. The Morgan fingerprint density at radius 2 is 2.05 bits per heavy atom. The number of carbonyl (C=O) groups is 1. The van der Waals surface area contributed by atoms with E-state index >= 15 is 0 Å². The molecule has 0 bridgehead atoms. The molecular formula is C16H21NO2. The summed E-state index contributed by atoms with van der Waals surface area (Å²) in [7, 11) is 0. The predicted molar refractivity (Wildman–Crippen MR) is 74.1 cm³/mol. The molecule has 0 aromatic heterocycles. The Balaban J connectivity index is 1.83. The molecule has 3 heteroatoms. The highest BCUT2D eigenvalue weighted by Crippen LogP contribution is 2.36. The molecule has 2 atom stereocenters. The van der Waals surface area contributed by atoms with Crippen molar-refractivity contribution in [2.75, 3.05) is 13.1 Å². The van der Waals surface area contributed by atoms with E-state index in [2.05, 4.69) is 29.2 Å². The van der Waals surface area contributed by atoms with Gasteiger partial charge in [-0.3, -0.25) is 9.69 Å². The van der Waals surface area contributed by atoms with E-state index in [0.717, 1.165) is 13.0 Å². The number of hydrogen-bond acceptors (Lipinski definition) is 2. The minimum atomic E-state index is -0.635. The third-order valence-corrected chi connectivity index (χ3v) is 4.60. The number of rotatable bonds is 2. The van der Waals surface area contributed by atoms with Crippen LogP contribution in [0.25, 0.3) is 0 Å². The first-order valence-corrected chi connectivity index (χ1v) is 7.30. The largest absolute Gasteiger partial charge is 0.481 e. The molecular weight excluding hydrogens is 238 g/mol. The van der Waals surface area contributed by atoms with E-state index in [4.69, 9.17) is 5.11 Å². The van der Waals surface area contributed by atoms with Gasteiger partial charge < -0.3 is 5.11 Å². The summed E-state index contributed by atoms with van der Waals surface area (Å²) < 4.78 is 0. The van der Waals surface area contributed by atoms with Crippen molar-refractivity contribution in [3.8, 4) is 0 Å². The first-order valence-electron chi connectivity index (χ1n) is 7.30. The smallest absolute Gasteiger partial charge is 0.307 e. The molecule has 2 aliphatic rings. The Labute approximate surface area is 114 Å². The maximum Gasteiger partial charge on any atom is 0.307 e. The van der Waals surface area contributed by atoms with Crippen LogP contribution >= 0.6 is 0 Å². The van der Waals surface area contributed by atoms with Crippen molar-refractivity contribution in [2.24, 2.45) is 5.92 Å². The summed E-state index contributed by atoms with van der Waals surface area (Å²) in [6.07, 6.45) is 5.64. The average molecular weight is 259 g/mol. The molecule has 0 radical (unpaired) electrons. The molecule has 0 saturated carbocycles. The van der Waals surface area contributed by atoms with Crippen LogP contribution < -0.4 is 0 Å². The van der Waals surface area contributed by atoms with Gasteiger partial charge >= 0.3 is 5.97 Å². The molecule has 3 rings (SSSR count). The van der Waals surface area contributed by atoms with Gasteiger partial charge in [0.05, 0.1) is 5.92 Å². The molecule has 1 aliphatic carbocycles. The number of aliphatic carboxylic acids is 1. The van der Waals surface area contributed by atoms with Crippen LogP contribution in [0.4, 0.5) is 0 Å². The minimum absolute atomic E-state index is 0.171. The van der Waals surface area contributed by atoms with Gasteiger partial charge in [-0.05, 0) is 43.4 Å². The fourth-order valence-corrected chi connectivity index (χ4v) is 3.55. The molecule has 1 fully saturated rings. The number of hydrogen-bond donors (Lipinski definition) is 1. The van der Waals surface area contributed by atoms with Crippen molar-refractivity contribution >= 4 is 5.97 Å². The van der Waals surface area contributed by atoms with Crippen LogP contribution in [0.1, 0.15) is 42.9 Å². The second-order valence-electron chi connectivity index (χ2n) is 5.78. The monoisotopic (exact) mass is 259 g/mol. The summed E-state index contributed by atoms with van der Waals surface area (Å²) >= 11 is 0. The van der Waals surface area contributed by atoms with E-state index in [1.54, 1.807) is 0 Å². The van der Waals surface area contributed by atoms with Crippen molar-refractivity contribution in [2.45, 2.75) is 38.1 Å². The van der Waals surface area contributed by atoms with Crippen LogP contribution in [0.3, 0.4) is 0 Å². The first kappa shape index (κ1) is 12.7. The van der Waals surface area contributed by atoms with Gasteiger partial charge in [-0.25, -0.2) is 0 Å². The third kappa shape index (κ3) is 2.52. The zero-order valence-electron chi connectivity index (χ0n) is 11.2. The second kappa shape index (κ2) is 5.33. The quantitative estimate of drug-likeness (QED) is 0.830. The fraction of sp³-hybridized carbons (Fsp3) is 0.562. The van der Waals surface area contributed by atoms with Crippen molar-refractivity contribution in [3.63, 3.8) is 0 Å². The molecule has 1 aromatic carbocycles. The summed E-state index contributed by atoms with van der Waals surface area (Å²) in [5.74, 6) is -0.806. The normalized spacial score (nSPS) is 27.8. The van der Waals surface area contributed by atoms with E-state index in [0.29, 0.717) is 12.6 Å². The van der Waals surface area contributed by atoms with E-state index in [1.165, 1.54) is 36.8 Å². The highest BCUT2D eigenvalue weighted by atomic mass is 16.4. The maximum absolute atomic E-state index is 11.1. The highest BCUT2D eigenvalue weighted by Gasteiger charge is 2.33. The number of aryl methyl sites for hydroxylation is 1. The number of benzene rings is 1. The molecule has 102 valence electrons. The summed E-state index contributed by atoms with van der Waals surface area (Å²) in [5.41, 5.74) is 2.90. The maximum atomic E-state index is 11.1. The van der Waals surface area contributed by atoms with Gasteiger partial charge in [0.25, 0.3) is 0 Å². The van der Waals surface area contributed by atoms with E-state index in [-0.39, 0.29) is 5.92 Å². The Hall–Kier alpha value is -1.35. The SMILES string of the molecule is O=C(O)C1CCN(C2CCCCc3ccccc32)C1. The van der Waals surface area contributed by atoms with Crippen molar-refractivity contribution < 1.29 is 9.90 Å². The Bertz CT molecular complexity index is 472. The lowest BCUT2D eigenvalue weighted by molar-refractivity contribution is -0.141. The first-order chi connectivity index (χ1) is 9.25. The molecule has 1 aromatic rings. The van der Waals surface area contributed by atoms with Crippen molar-refractivity contribution in [3.05, 3.63) is 35.4 Å². The van der Waals surface area contributed by atoms with Gasteiger partial charge in [0.1, 0.15) is 0 Å². The van der Waals surface area contributed by atoms with Crippen LogP contribution in [0, 0.1) is 5.92 Å². The number of nitrogens with zero attached hydrogens (tertiary/aromatic N) is 1. The van der Waals surface area contributed by atoms with Crippen molar-refractivity contribution in [1.82, 2.24) is 4.90 Å². The molecule has 2 unspecified atom stereocenters. The Morgan fingerprint density at radius 1 is 1.21 bits per heavy atom. The number of carboxylic acids is 1. The highest BCUT2D eigenvalue weighted by molar-refractivity contribution is 5.70. The van der Waals surface area contributed by atoms with Crippen LogP contribution in [0.15, 0.2) is 24.3 Å². The molecule has 1 aliphatic heterocycles. The number of carboxylic acid groups (broad SMARTS) is 1. The summed E-state index contributed by atoms with van der Waals surface area (Å²) in [6.45, 7) is 1.64. The van der Waals surface area contributed by atoms with E-state index in [9.17, 15) is 4.79 Å². The zero-order chi connectivity index (χ0) is 13.2. The van der Waals surface area contributed by atoms with Crippen LogP contribution in [-0.2, 0) is 11.2 Å². The Kier molecular flexibility index (Phi) is 3.56. The number of fused-ring (bicyclic) bond motifs is 1. The van der Waals surface area contributed by atoms with E-state index in [1.807, 2.05) is 0 Å². The third-order valence-electron chi connectivity index (χ3n) is 4.60. The molecule has 19 heavy (non-hydrogen) atoms. The molecule has 0 amide bonds. The predicted octanol–water partition coefficient (Wildman–Crippen LogP) is 2.86. The summed E-state index contributed by atoms with van der Waals surface area (Å²) in [5, 5.41) is 9.15. The van der Waals surface area contributed by atoms with Gasteiger partial charge in [-0.15, -0.1) is 0 Å². The molecule has 0 spiro atoms. The van der Waals surface area contributed by atoms with Gasteiger partial charge in [-0.2, -0.15) is 0 Å². The van der Waals surface area contributed by atoms with Crippen LogP contribution in [0.5, 0.6) is 0 Å². The minimum Gasteiger partial charge on any atom is -0.481 e. The standard InChI is InChI=1S/C16H21NO2/c18-16(19)13-9-10-17(11-13)15-8-4-2-6-12-5-1-3-7-14(12)15/h1,3,5,7,13,15H,2,4,6,8-11H2,(H,18,19). The lowest BCUT2D eigenvalue weighted by atomic mass is 9.98. The van der Waals surface area contributed by atoms with Crippen molar-refractivity contribution in [1.29, 1.82) is 0 Å². The molecule has 1 saturated heterocycles. The van der Waals surface area contributed by atoms with Crippen LogP contribution in [-0.4, -0.2) is 29.1 Å². The summed E-state index contributed by atoms with van der Waals surface area (Å²) in [6, 6.07) is 9.13. The fourth-order valence-electron chi connectivity index (χ4n) is 3.55. The van der Waals surface area contributed by atoms with Gasteiger partial charge in [-0.1, -0.05) is 30.7 Å². The molecule has 1 N–H and O–H groups in total. The zero-order valence-corrected chi connectivity index (χ0v) is 11.2. The Morgan fingerprint density at radius 3 is 2.84 bits per heavy atom. The van der Waals surface area contributed by atoms with Crippen LogP contribution in [0.2, 0.25) is 0 Å². The van der Waals surface area contributed by atoms with Gasteiger partial charge in [0.2, 0.25) is 0 Å². The van der Waals surface area contributed by atoms with Gasteiger partial charge in [0, 0.05) is 12.6 Å². The van der Waals surface area contributed by atoms with Gasteiger partial charge in [0.15, 0.2) is 0 Å². The average Bonchev–Trinajstić information content (AvgIpc) is 2.80. The number of likely N-dealkylation sites (tertiary alicyclic amines) is 1. The molecule has 3 nitrogen and oxygen atoms in total. The lowest BCUT2D eigenvalue weighted by Gasteiger charge is -2.28. The summed E-state index contributed by atoms with van der Waals surface area (Å²) in [4.78, 5) is 13.5.